The van der Waals surface area contributed by atoms with Gasteiger partial charge in [-0.15, -0.1) is 0 Å². The molecular weight excluding hydrogens is 1020 g/mol. The molecule has 0 aliphatic carbocycles. The molecule has 4 fully saturated rings. The van der Waals surface area contributed by atoms with E-state index in [1.165, 1.54) is 30.7 Å². The molecule has 0 saturated carbocycles. The third-order valence-corrected chi connectivity index (χ3v) is 14.3. The van der Waals surface area contributed by atoms with Gasteiger partial charge in [-0.3, -0.25) is 9.69 Å². The molecule has 20 heteroatoms. The van der Waals surface area contributed by atoms with E-state index in [9.17, 15) is 29.3 Å². The topological polar surface area (TPSA) is 234 Å². The van der Waals surface area contributed by atoms with Crippen LogP contribution in [0.1, 0.15) is 161 Å². The van der Waals surface area contributed by atoms with Gasteiger partial charge >= 0.3 is 12.1 Å². The summed E-state index contributed by atoms with van der Waals surface area (Å²) in [4.78, 5) is 30.6. The maximum atomic E-state index is 14.1. The molecule has 1 aromatic heterocycles. The van der Waals surface area contributed by atoms with E-state index in [1.54, 1.807) is 33.0 Å². The van der Waals surface area contributed by atoms with E-state index in [2.05, 4.69) is 66.9 Å². The smallest absolute Gasteiger partial charge is 0.414 e. The van der Waals surface area contributed by atoms with Crippen LogP contribution in [0.4, 0.5) is 9.18 Å². The van der Waals surface area contributed by atoms with Gasteiger partial charge < -0.3 is 64.0 Å². The minimum atomic E-state index is -1.61. The Labute approximate surface area is 476 Å². The molecule has 6 N–H and O–H groups in total. The Morgan fingerprint density at radius 3 is 2.15 bits per heavy atom. The molecule has 0 unspecified atom stereocenters. The second-order valence-corrected chi connectivity index (χ2v) is 21.8. The predicted octanol–water partition coefficient (Wildman–Crippen LogP) is 8.58. The van der Waals surface area contributed by atoms with E-state index >= 15 is 0 Å². The minimum Gasteiger partial charge on any atom is -0.459 e. The highest BCUT2D eigenvalue weighted by Gasteiger charge is 2.45. The van der Waals surface area contributed by atoms with Crippen LogP contribution < -0.4 is 5.32 Å². The van der Waals surface area contributed by atoms with Crippen molar-refractivity contribution in [3.05, 3.63) is 47.8 Å². The Morgan fingerprint density at radius 2 is 1.62 bits per heavy atom. The molecule has 5 heterocycles. The number of cyclic esters (lactones) is 2. The van der Waals surface area contributed by atoms with Crippen molar-refractivity contribution in [2.75, 3.05) is 73.7 Å². The van der Waals surface area contributed by atoms with Crippen molar-refractivity contribution in [2.45, 2.75) is 222 Å². The molecule has 0 spiro atoms. The molecule has 19 nitrogen and oxygen atoms in total. The Bertz CT molecular complexity index is 1850. The first-order valence-corrected chi connectivity index (χ1v) is 29.3. The van der Waals surface area contributed by atoms with Gasteiger partial charge in [0.1, 0.15) is 23.6 Å². The van der Waals surface area contributed by atoms with E-state index in [-0.39, 0.29) is 42.3 Å². The number of carbonyl (C=O) groups excluding carboxylic acids is 2. The lowest BCUT2D eigenvalue weighted by Crippen LogP contribution is -2.55. The normalized spacial score (nSPS) is 32.2. The van der Waals surface area contributed by atoms with Crippen molar-refractivity contribution in [1.29, 1.82) is 0 Å². The minimum absolute atomic E-state index is 0.0255. The number of aliphatic hydroxyl groups excluding tert-OH is 2. The second-order valence-electron chi connectivity index (χ2n) is 21.8. The molecule has 1 aromatic rings. The fraction of sp³-hybridized carbons (Fsp3) is 0.831. The highest BCUT2D eigenvalue weighted by molar-refractivity contribution is 5.73. The SMILES string of the molecule is C=C(NCCOCC)/C(F)=C\C(=C/C)N1C[C@H](C)OC1=O.CC.CC.CC[C@H]1OC(=O)[C@H](C)C[C@H](C)[C@@H](O[C@H]2C[C@@H](N(C)CCc3cn[nH]n3)C[C@@H](C)O2)[C@](C)(O)C[C@@H](C)CN(C)C[C@@H](O)[C@]1(C)O.CO.C[C@@H]1CCO[C@@H](C)C1. The number of β-amino-alcohol motifs (C(OH)–C–C–N with tert-alkyl or cyclic N) is 1. The zero-order valence-electron chi connectivity index (χ0n) is 52.3. The third kappa shape index (κ3) is 27.4. The van der Waals surface area contributed by atoms with Gasteiger partial charge in [-0.05, 0) is 125 Å². The molecule has 5 rings (SSSR count). The standard InChI is InChI=1S/C32H59N5O7.C15H23FN2O3.C7H14O.2C2H6.CH4O/c1-10-27-32(7,41)26(38)19-36(8)18-20(2)16-31(6,40)29(21(3)13-22(4)30(39)43-27)44-28-15-25(14-23(5)42-28)37(9)12-11-24-17-33-35-34-24;1-5-13(18-10-11(3)21-15(18)19)9-14(16)12(4)17-7-8-20-6-2;1-6-3-4-8-7(2)5-6;3*1-2/h17,20-23,25-29,38,40-41H,10-16,18-19H2,1-9H3,(H,33,34,35);5,9,11,17H,4,6-8,10H2,1-3H3;6-7H,3-5H2,1-2H3;2*1-2H3;2H,1H3/b;13-5+,14-9+;;;;/t20-,21+,22-,23-,25+,26-,27-,28+,29-,31-,32+;11-;6-,7+;;;/m101.../s1. The number of H-pyrrole nitrogens is 1. The summed E-state index contributed by atoms with van der Waals surface area (Å²) in [6.07, 6.45) is 7.42. The third-order valence-electron chi connectivity index (χ3n) is 14.3. The molecular formula is C59H112FN7O12. The van der Waals surface area contributed by atoms with E-state index in [0.29, 0.717) is 70.3 Å². The summed E-state index contributed by atoms with van der Waals surface area (Å²) in [7, 11) is 4.98. The number of carbonyl (C=O) groups is 2. The Hall–Kier alpha value is -3.57. The van der Waals surface area contributed by atoms with E-state index in [4.69, 9.17) is 33.5 Å². The number of allylic oxidation sites excluding steroid dienone is 3. The van der Waals surface area contributed by atoms with Crippen LogP contribution in [0.3, 0.4) is 0 Å². The number of amides is 1. The number of hydrogen-bond donors (Lipinski definition) is 6. The number of aliphatic hydroxyl groups is 4. The number of aromatic amines is 1. The monoisotopic (exact) mass is 1130 g/mol. The highest BCUT2D eigenvalue weighted by atomic mass is 19.1. The summed E-state index contributed by atoms with van der Waals surface area (Å²) in [6, 6.07) is 0.227. The number of ether oxygens (including phenoxy) is 6. The lowest BCUT2D eigenvalue weighted by molar-refractivity contribution is -0.262. The van der Waals surface area contributed by atoms with Crippen molar-refractivity contribution >= 4 is 12.1 Å². The van der Waals surface area contributed by atoms with Crippen molar-refractivity contribution in [3.63, 3.8) is 0 Å². The first-order valence-electron chi connectivity index (χ1n) is 29.3. The Balaban J connectivity index is 0.00000143. The lowest BCUT2D eigenvalue weighted by Gasteiger charge is -2.44. The summed E-state index contributed by atoms with van der Waals surface area (Å²) in [6.45, 7) is 39.1. The molecule has 4 aliphatic heterocycles. The van der Waals surface area contributed by atoms with Gasteiger partial charge in [0, 0.05) is 71.1 Å². The quantitative estimate of drug-likeness (QED) is 0.0548. The van der Waals surface area contributed by atoms with Gasteiger partial charge in [-0.1, -0.05) is 75.0 Å². The summed E-state index contributed by atoms with van der Waals surface area (Å²) >= 11 is 0. The number of nitrogens with one attached hydrogen (secondary N) is 2. The Kier molecular flexibility index (Phi) is 38.0. The molecule has 0 aromatic carbocycles. The molecule has 14 atom stereocenters. The summed E-state index contributed by atoms with van der Waals surface area (Å²) in [5.41, 5.74) is -1.30. The second kappa shape index (κ2) is 39.8. The Morgan fingerprint density at radius 1 is 0.962 bits per heavy atom. The molecule has 1 amide bonds. The van der Waals surface area contributed by atoms with Gasteiger partial charge in [0.25, 0.3) is 0 Å². The number of rotatable bonds is 15. The number of esters is 1. The molecule has 4 saturated heterocycles. The number of halogens is 1. The molecule has 0 radical (unpaired) electrons. The highest BCUT2D eigenvalue weighted by Crippen LogP contribution is 2.36. The lowest BCUT2D eigenvalue weighted by atomic mass is 9.79. The van der Waals surface area contributed by atoms with Crippen molar-refractivity contribution in [2.24, 2.45) is 23.7 Å². The fourth-order valence-corrected chi connectivity index (χ4v) is 10.3. The number of hydrogen-bond acceptors (Lipinski definition) is 17. The van der Waals surface area contributed by atoms with Crippen LogP contribution in [-0.4, -0.2) is 197 Å². The first kappa shape index (κ1) is 75.4. The van der Waals surface area contributed by atoms with E-state index in [0.717, 1.165) is 44.7 Å². The van der Waals surface area contributed by atoms with Crippen LogP contribution in [0.15, 0.2) is 42.1 Å². The molecule has 462 valence electrons. The maximum Gasteiger partial charge on any atom is 0.414 e. The zero-order chi connectivity index (χ0) is 60.6. The summed E-state index contributed by atoms with van der Waals surface area (Å²) < 4.78 is 48.4. The van der Waals surface area contributed by atoms with Gasteiger partial charge in [0.05, 0.1) is 66.7 Å². The number of aromatic nitrogens is 3. The van der Waals surface area contributed by atoms with Crippen molar-refractivity contribution < 1.29 is 62.8 Å². The van der Waals surface area contributed by atoms with Gasteiger partial charge in [-0.2, -0.15) is 15.4 Å². The summed E-state index contributed by atoms with van der Waals surface area (Å²) in [5, 5.41) is 54.8. The van der Waals surface area contributed by atoms with Crippen LogP contribution in [0.25, 0.3) is 0 Å². The van der Waals surface area contributed by atoms with E-state index in [1.807, 2.05) is 67.3 Å². The average molecular weight is 1130 g/mol. The molecule has 79 heavy (non-hydrogen) atoms. The number of nitrogens with zero attached hydrogens (tertiary/aromatic N) is 5. The zero-order valence-corrected chi connectivity index (χ0v) is 52.3. The summed E-state index contributed by atoms with van der Waals surface area (Å²) in [5.74, 6) is -0.749. The average Bonchev–Trinajstić information content (AvgIpc) is 4.06. The van der Waals surface area contributed by atoms with Crippen LogP contribution in [0.2, 0.25) is 0 Å². The predicted molar refractivity (Wildman–Crippen MR) is 310 cm³/mol. The molecule has 0 bridgehead atoms. The van der Waals surface area contributed by atoms with Crippen molar-refractivity contribution in [1.82, 2.24) is 35.4 Å². The van der Waals surface area contributed by atoms with Gasteiger partial charge in [-0.25, -0.2) is 9.18 Å². The van der Waals surface area contributed by atoms with Crippen molar-refractivity contribution in [3.8, 4) is 0 Å². The van der Waals surface area contributed by atoms with Crippen LogP contribution in [-0.2, 0) is 39.6 Å². The van der Waals surface area contributed by atoms with E-state index < -0.39 is 59.6 Å². The van der Waals surface area contributed by atoms with Crippen LogP contribution >= 0.6 is 0 Å². The van der Waals surface area contributed by atoms with Gasteiger partial charge in [0.2, 0.25) is 0 Å². The first-order chi connectivity index (χ1) is 37.3. The maximum absolute atomic E-state index is 14.1. The van der Waals surface area contributed by atoms with Crippen LogP contribution in [0, 0.1) is 23.7 Å². The molecule has 4 aliphatic rings. The number of likely N-dealkylation sites (N-methyl/N-ethyl adjacent to an activating group) is 2. The van der Waals surface area contributed by atoms with Gasteiger partial charge in [0.15, 0.2) is 6.29 Å². The fourth-order valence-electron chi connectivity index (χ4n) is 10.3. The van der Waals surface area contributed by atoms with Crippen LogP contribution in [0.5, 0.6) is 0 Å². The largest absolute Gasteiger partial charge is 0.459 e.